The smallest absolute Gasteiger partial charge is 0.486 e. The molecule has 8 nitrogen and oxygen atoms in total. The van der Waals surface area contributed by atoms with Gasteiger partial charge in [0.1, 0.15) is 23.8 Å². The van der Waals surface area contributed by atoms with Gasteiger partial charge in [-0.25, -0.2) is 4.79 Å². The zero-order valence-electron chi connectivity index (χ0n) is 15.9. The van der Waals surface area contributed by atoms with Crippen molar-refractivity contribution in [3.8, 4) is 5.75 Å². The molecule has 2 aliphatic rings. The third-order valence-electron chi connectivity index (χ3n) is 4.93. The monoisotopic (exact) mass is 427 g/mol. The molecule has 1 amide bonds. The quantitative estimate of drug-likeness (QED) is 0.800. The molecule has 1 aliphatic heterocycles. The third-order valence-corrected chi connectivity index (χ3v) is 4.93. The summed E-state index contributed by atoms with van der Waals surface area (Å²) in [5.74, 6) is -0.670. The fraction of sp³-hybridized carbons (Fsp3) is 0.474. The van der Waals surface area contributed by atoms with Crippen molar-refractivity contribution in [2.75, 3.05) is 6.54 Å². The van der Waals surface area contributed by atoms with Gasteiger partial charge in [-0.1, -0.05) is 11.6 Å². The molecule has 1 N–H and O–H groups in total. The predicted molar refractivity (Wildman–Crippen MR) is 95.2 cm³/mol. The van der Waals surface area contributed by atoms with E-state index in [1.54, 1.807) is 12.4 Å². The van der Waals surface area contributed by atoms with Crippen molar-refractivity contribution in [1.82, 2.24) is 15.0 Å². The molecule has 162 valence electrons. The largest absolute Gasteiger partial charge is 0.490 e. The van der Waals surface area contributed by atoms with Crippen LogP contribution in [0.25, 0.3) is 0 Å². The number of ether oxygens (including phenoxy) is 1. The number of aliphatic carboxylic acids is 1. The first kappa shape index (κ1) is 21.6. The lowest BCUT2D eigenvalue weighted by Gasteiger charge is -2.33. The van der Waals surface area contributed by atoms with Crippen molar-refractivity contribution in [3.05, 3.63) is 41.5 Å². The summed E-state index contributed by atoms with van der Waals surface area (Å²) in [5.41, 5.74) is 1.78. The SMILES string of the molecule is O=C(C1CCC1)N1CCc2onc(COc3cccnc3)c2C1.O=C(O)C(F)(F)F. The Labute approximate surface area is 169 Å². The van der Waals surface area contributed by atoms with Gasteiger partial charge in [-0.2, -0.15) is 13.2 Å². The number of nitrogens with zero attached hydrogens (tertiary/aromatic N) is 3. The van der Waals surface area contributed by atoms with E-state index in [1.807, 2.05) is 17.0 Å². The van der Waals surface area contributed by atoms with Crippen molar-refractivity contribution in [2.24, 2.45) is 5.92 Å². The lowest BCUT2D eigenvalue weighted by Crippen LogP contribution is -2.41. The van der Waals surface area contributed by atoms with Crippen molar-refractivity contribution >= 4 is 11.9 Å². The molecule has 0 bridgehead atoms. The van der Waals surface area contributed by atoms with Crippen molar-refractivity contribution in [1.29, 1.82) is 0 Å². The molecule has 0 unspecified atom stereocenters. The summed E-state index contributed by atoms with van der Waals surface area (Å²) in [6, 6.07) is 3.68. The molecule has 4 rings (SSSR count). The lowest BCUT2D eigenvalue weighted by molar-refractivity contribution is -0.192. The molecule has 1 fully saturated rings. The summed E-state index contributed by atoms with van der Waals surface area (Å²) >= 11 is 0. The zero-order valence-corrected chi connectivity index (χ0v) is 15.9. The predicted octanol–water partition coefficient (Wildman–Crippen LogP) is 2.97. The highest BCUT2D eigenvalue weighted by Gasteiger charge is 2.38. The number of carbonyl (C=O) groups excluding carboxylic acids is 1. The Hall–Kier alpha value is -3.11. The summed E-state index contributed by atoms with van der Waals surface area (Å²) in [5, 5.41) is 11.3. The van der Waals surface area contributed by atoms with Crippen LogP contribution in [0.3, 0.4) is 0 Å². The molecule has 3 heterocycles. The van der Waals surface area contributed by atoms with Crippen LogP contribution < -0.4 is 4.74 Å². The fourth-order valence-electron chi connectivity index (χ4n) is 3.06. The van der Waals surface area contributed by atoms with Gasteiger partial charge in [-0.3, -0.25) is 9.78 Å². The number of rotatable bonds is 4. The number of carboxylic acids is 1. The van der Waals surface area contributed by atoms with Gasteiger partial charge in [0.15, 0.2) is 0 Å². The number of carbonyl (C=O) groups is 2. The molecule has 0 aromatic carbocycles. The first-order valence-electron chi connectivity index (χ1n) is 9.33. The number of carboxylic acid groups (broad SMARTS) is 1. The normalized spacial score (nSPS) is 16.0. The van der Waals surface area contributed by atoms with Gasteiger partial charge in [0.2, 0.25) is 5.91 Å². The molecular weight excluding hydrogens is 407 g/mol. The second kappa shape index (κ2) is 9.14. The average Bonchev–Trinajstić information content (AvgIpc) is 3.08. The van der Waals surface area contributed by atoms with Gasteiger partial charge >= 0.3 is 12.1 Å². The van der Waals surface area contributed by atoms with Crippen molar-refractivity contribution < 1.29 is 37.1 Å². The van der Waals surface area contributed by atoms with Crippen LogP contribution in [-0.4, -0.2) is 44.7 Å². The minimum Gasteiger partial charge on any atom is -0.486 e. The van der Waals surface area contributed by atoms with Crippen molar-refractivity contribution in [3.63, 3.8) is 0 Å². The zero-order chi connectivity index (χ0) is 21.7. The summed E-state index contributed by atoms with van der Waals surface area (Å²) in [7, 11) is 0. The molecular formula is C19H20F3N3O5. The highest BCUT2D eigenvalue weighted by molar-refractivity contribution is 5.79. The van der Waals surface area contributed by atoms with Gasteiger partial charge in [0.05, 0.1) is 12.7 Å². The molecule has 0 atom stereocenters. The summed E-state index contributed by atoms with van der Waals surface area (Å²) in [6.45, 7) is 1.64. The summed E-state index contributed by atoms with van der Waals surface area (Å²) in [4.78, 5) is 27.3. The Balaban J connectivity index is 0.000000318. The molecule has 0 saturated heterocycles. The molecule has 1 saturated carbocycles. The number of hydrogen-bond donors (Lipinski definition) is 1. The second-order valence-corrected chi connectivity index (χ2v) is 6.95. The van der Waals surface area contributed by atoms with Crippen LogP contribution in [0.2, 0.25) is 0 Å². The number of pyridine rings is 1. The van der Waals surface area contributed by atoms with E-state index in [1.165, 1.54) is 6.42 Å². The van der Waals surface area contributed by atoms with E-state index in [4.69, 9.17) is 19.2 Å². The van der Waals surface area contributed by atoms with Crippen LogP contribution in [0, 0.1) is 5.92 Å². The van der Waals surface area contributed by atoms with Crippen LogP contribution in [-0.2, 0) is 29.2 Å². The van der Waals surface area contributed by atoms with Gasteiger partial charge < -0.3 is 19.3 Å². The Kier molecular flexibility index (Phi) is 6.58. The topological polar surface area (TPSA) is 106 Å². The lowest BCUT2D eigenvalue weighted by atomic mass is 9.84. The van der Waals surface area contributed by atoms with E-state index >= 15 is 0 Å². The van der Waals surface area contributed by atoms with Gasteiger partial charge in [-0.05, 0) is 25.0 Å². The number of halogens is 3. The van der Waals surface area contributed by atoms with Gasteiger partial charge in [0.25, 0.3) is 0 Å². The van der Waals surface area contributed by atoms with E-state index in [9.17, 15) is 18.0 Å². The number of fused-ring (bicyclic) bond motifs is 1. The van der Waals surface area contributed by atoms with Crippen LogP contribution in [0.5, 0.6) is 5.75 Å². The highest BCUT2D eigenvalue weighted by Crippen LogP contribution is 2.31. The maximum absolute atomic E-state index is 12.4. The molecule has 30 heavy (non-hydrogen) atoms. The highest BCUT2D eigenvalue weighted by atomic mass is 19.4. The minimum absolute atomic E-state index is 0.228. The molecule has 1 aliphatic carbocycles. The van der Waals surface area contributed by atoms with E-state index in [2.05, 4.69) is 10.1 Å². The van der Waals surface area contributed by atoms with Crippen LogP contribution in [0.15, 0.2) is 29.0 Å². The van der Waals surface area contributed by atoms with Crippen LogP contribution >= 0.6 is 0 Å². The number of hydrogen-bond acceptors (Lipinski definition) is 6. The molecule has 2 aromatic heterocycles. The fourth-order valence-corrected chi connectivity index (χ4v) is 3.06. The number of aromatic nitrogens is 2. The minimum atomic E-state index is -5.08. The first-order chi connectivity index (χ1) is 14.3. The van der Waals surface area contributed by atoms with E-state index < -0.39 is 12.1 Å². The van der Waals surface area contributed by atoms with Gasteiger partial charge in [0, 0.05) is 30.6 Å². The Morgan fingerprint density at radius 2 is 2.07 bits per heavy atom. The molecule has 11 heteroatoms. The number of alkyl halides is 3. The summed E-state index contributed by atoms with van der Waals surface area (Å²) in [6.07, 6.45) is 2.25. The Morgan fingerprint density at radius 3 is 2.63 bits per heavy atom. The van der Waals surface area contributed by atoms with E-state index in [-0.39, 0.29) is 11.8 Å². The second-order valence-electron chi connectivity index (χ2n) is 6.95. The molecule has 2 aromatic rings. The average molecular weight is 427 g/mol. The Bertz CT molecular complexity index is 881. The van der Waals surface area contributed by atoms with Crippen LogP contribution in [0.4, 0.5) is 13.2 Å². The maximum Gasteiger partial charge on any atom is 0.490 e. The van der Waals surface area contributed by atoms with E-state index in [0.717, 1.165) is 42.8 Å². The number of amides is 1. The standard InChI is InChI=1S/C17H19N3O3.C2HF3O2/c21-17(12-3-1-4-12)20-8-6-16-14(10-20)15(19-23-16)11-22-13-5-2-7-18-9-13;3-2(4,5)1(6)7/h2,5,7,9,12H,1,3-4,6,8,10-11H2;(H,6,7). The summed E-state index contributed by atoms with van der Waals surface area (Å²) < 4.78 is 42.9. The van der Waals surface area contributed by atoms with Crippen molar-refractivity contribution in [2.45, 2.75) is 45.0 Å². The third kappa shape index (κ3) is 5.28. The Morgan fingerprint density at radius 1 is 1.33 bits per heavy atom. The maximum atomic E-state index is 12.4. The van der Waals surface area contributed by atoms with Gasteiger partial charge in [-0.15, -0.1) is 0 Å². The molecule has 0 radical (unpaired) electrons. The first-order valence-corrected chi connectivity index (χ1v) is 9.33. The van der Waals surface area contributed by atoms with Crippen LogP contribution in [0.1, 0.15) is 36.3 Å². The molecule has 0 spiro atoms. The van der Waals surface area contributed by atoms with E-state index in [0.29, 0.717) is 18.9 Å².